The summed E-state index contributed by atoms with van der Waals surface area (Å²) >= 11 is 0. The van der Waals surface area contributed by atoms with Crippen molar-refractivity contribution in [3.63, 3.8) is 0 Å². The molecular formula is C17H19N3O. The van der Waals surface area contributed by atoms with Crippen LogP contribution in [-0.4, -0.2) is 18.5 Å². The maximum absolute atomic E-state index is 12.3. The van der Waals surface area contributed by atoms with Crippen LogP contribution in [0.3, 0.4) is 0 Å². The van der Waals surface area contributed by atoms with Crippen LogP contribution in [0.15, 0.2) is 48.5 Å². The molecule has 2 aromatic rings. The van der Waals surface area contributed by atoms with Gasteiger partial charge in [-0.05, 0) is 24.6 Å². The molecule has 0 bridgehead atoms. The Morgan fingerprint density at radius 1 is 1.19 bits per heavy atom. The van der Waals surface area contributed by atoms with Gasteiger partial charge in [-0.15, -0.1) is 0 Å². The van der Waals surface area contributed by atoms with Crippen molar-refractivity contribution in [2.24, 2.45) is 0 Å². The second-order valence-electron chi connectivity index (χ2n) is 5.33. The van der Waals surface area contributed by atoms with Gasteiger partial charge in [-0.25, -0.2) is 0 Å². The van der Waals surface area contributed by atoms with Gasteiger partial charge in [-0.1, -0.05) is 42.0 Å². The zero-order valence-electron chi connectivity index (χ0n) is 12.0. The molecule has 3 N–H and O–H groups in total. The number of aryl methyl sites for hydroxylation is 1. The van der Waals surface area contributed by atoms with Crippen molar-refractivity contribution in [2.45, 2.75) is 19.5 Å². The van der Waals surface area contributed by atoms with Crippen LogP contribution in [0.2, 0.25) is 0 Å². The van der Waals surface area contributed by atoms with Crippen LogP contribution < -0.4 is 16.0 Å². The maximum atomic E-state index is 12.3. The van der Waals surface area contributed by atoms with E-state index in [1.165, 1.54) is 5.56 Å². The van der Waals surface area contributed by atoms with Crippen LogP contribution in [0.25, 0.3) is 0 Å². The molecule has 0 saturated heterocycles. The highest BCUT2D eigenvalue weighted by Gasteiger charge is 2.22. The lowest BCUT2D eigenvalue weighted by Crippen LogP contribution is -2.45. The van der Waals surface area contributed by atoms with Gasteiger partial charge in [0.1, 0.15) is 6.04 Å². The molecule has 0 saturated carbocycles. The van der Waals surface area contributed by atoms with Gasteiger partial charge in [0.2, 0.25) is 5.91 Å². The van der Waals surface area contributed by atoms with Crippen LogP contribution in [0, 0.1) is 6.92 Å². The molecule has 4 heteroatoms. The Morgan fingerprint density at radius 2 is 2.00 bits per heavy atom. The number of hydrogen-bond donors (Lipinski definition) is 3. The molecule has 4 nitrogen and oxygen atoms in total. The van der Waals surface area contributed by atoms with Crippen LogP contribution in [0.5, 0.6) is 0 Å². The van der Waals surface area contributed by atoms with Crippen LogP contribution in [0.1, 0.15) is 11.1 Å². The molecule has 1 amide bonds. The highest BCUT2D eigenvalue weighted by Crippen LogP contribution is 2.25. The third-order valence-corrected chi connectivity index (χ3v) is 3.62. The fourth-order valence-corrected chi connectivity index (χ4v) is 2.51. The molecule has 3 rings (SSSR count). The van der Waals surface area contributed by atoms with Gasteiger partial charge in [0.05, 0.1) is 11.4 Å². The Hall–Kier alpha value is -2.49. The Bertz CT molecular complexity index is 654. The zero-order chi connectivity index (χ0) is 14.7. The number of carbonyl (C=O) groups excluding carboxylic acids is 1. The summed E-state index contributed by atoms with van der Waals surface area (Å²) in [6, 6.07) is 15.8. The van der Waals surface area contributed by atoms with E-state index in [4.69, 9.17) is 0 Å². The molecule has 0 spiro atoms. The number of hydrogen-bond acceptors (Lipinski definition) is 3. The van der Waals surface area contributed by atoms with Crippen molar-refractivity contribution in [2.75, 3.05) is 17.2 Å². The minimum atomic E-state index is -0.246. The average Bonchev–Trinajstić information content (AvgIpc) is 2.52. The predicted molar refractivity (Wildman–Crippen MR) is 85.4 cm³/mol. The average molecular weight is 281 g/mol. The fraction of sp³-hybridized carbons (Fsp3) is 0.235. The molecule has 0 aliphatic carbocycles. The summed E-state index contributed by atoms with van der Waals surface area (Å²) in [5, 5.41) is 9.53. The van der Waals surface area contributed by atoms with Gasteiger partial charge in [0.25, 0.3) is 0 Å². The van der Waals surface area contributed by atoms with Crippen molar-refractivity contribution >= 4 is 17.3 Å². The van der Waals surface area contributed by atoms with Crippen molar-refractivity contribution in [3.05, 3.63) is 59.7 Å². The van der Waals surface area contributed by atoms with E-state index < -0.39 is 0 Å². The summed E-state index contributed by atoms with van der Waals surface area (Å²) in [4.78, 5) is 12.3. The number of rotatable bonds is 3. The fourth-order valence-electron chi connectivity index (χ4n) is 2.51. The zero-order valence-corrected chi connectivity index (χ0v) is 12.0. The lowest BCUT2D eigenvalue weighted by molar-refractivity contribution is -0.121. The molecule has 1 atom stereocenters. The smallest absolute Gasteiger partial charge is 0.244 e. The van der Waals surface area contributed by atoms with E-state index >= 15 is 0 Å². The first-order valence-corrected chi connectivity index (χ1v) is 7.15. The van der Waals surface area contributed by atoms with E-state index in [9.17, 15) is 4.79 Å². The predicted octanol–water partition coefficient (Wildman–Crippen LogP) is 2.52. The van der Waals surface area contributed by atoms with Crippen molar-refractivity contribution in [1.29, 1.82) is 0 Å². The number of fused-ring (bicyclic) bond motifs is 1. The second kappa shape index (κ2) is 5.87. The first-order valence-electron chi connectivity index (χ1n) is 7.15. The van der Waals surface area contributed by atoms with E-state index in [-0.39, 0.29) is 11.9 Å². The third kappa shape index (κ3) is 3.16. The lowest BCUT2D eigenvalue weighted by Gasteiger charge is -2.27. The summed E-state index contributed by atoms with van der Waals surface area (Å²) in [6.45, 7) is 3.20. The largest absolute Gasteiger partial charge is 0.381 e. The molecular weight excluding hydrogens is 262 g/mol. The molecule has 0 aromatic heterocycles. The molecule has 1 heterocycles. The molecule has 0 fully saturated rings. The van der Waals surface area contributed by atoms with Crippen molar-refractivity contribution in [1.82, 2.24) is 5.32 Å². The Balaban J connectivity index is 1.59. The number of carbonyl (C=O) groups is 1. The monoisotopic (exact) mass is 281 g/mol. The number of anilines is 2. The van der Waals surface area contributed by atoms with E-state index in [0.29, 0.717) is 13.1 Å². The maximum Gasteiger partial charge on any atom is 0.244 e. The van der Waals surface area contributed by atoms with E-state index in [0.717, 1.165) is 16.9 Å². The minimum absolute atomic E-state index is 0.0125. The van der Waals surface area contributed by atoms with Gasteiger partial charge < -0.3 is 16.0 Å². The Labute approximate surface area is 124 Å². The lowest BCUT2D eigenvalue weighted by atomic mass is 10.1. The summed E-state index contributed by atoms with van der Waals surface area (Å²) in [6.07, 6.45) is 0. The molecule has 108 valence electrons. The molecule has 1 aliphatic rings. The topological polar surface area (TPSA) is 53.2 Å². The summed E-state index contributed by atoms with van der Waals surface area (Å²) < 4.78 is 0. The highest BCUT2D eigenvalue weighted by atomic mass is 16.2. The quantitative estimate of drug-likeness (QED) is 0.810. The van der Waals surface area contributed by atoms with Crippen molar-refractivity contribution in [3.8, 4) is 0 Å². The van der Waals surface area contributed by atoms with Gasteiger partial charge >= 0.3 is 0 Å². The van der Waals surface area contributed by atoms with E-state index in [1.807, 2.05) is 36.4 Å². The highest BCUT2D eigenvalue weighted by molar-refractivity contribution is 5.88. The van der Waals surface area contributed by atoms with E-state index in [2.05, 4.69) is 35.0 Å². The summed E-state index contributed by atoms with van der Waals surface area (Å²) in [5.74, 6) is 0.0125. The number of amides is 1. The molecule has 21 heavy (non-hydrogen) atoms. The normalized spacial score (nSPS) is 16.3. The molecule has 1 aliphatic heterocycles. The van der Waals surface area contributed by atoms with Gasteiger partial charge in [0, 0.05) is 13.1 Å². The number of para-hydroxylation sites is 2. The van der Waals surface area contributed by atoms with Crippen LogP contribution >= 0.6 is 0 Å². The van der Waals surface area contributed by atoms with Gasteiger partial charge in [-0.2, -0.15) is 0 Å². The third-order valence-electron chi connectivity index (χ3n) is 3.62. The summed E-state index contributed by atoms with van der Waals surface area (Å²) in [5.41, 5.74) is 4.33. The first kappa shape index (κ1) is 13.5. The van der Waals surface area contributed by atoms with Crippen molar-refractivity contribution < 1.29 is 4.79 Å². The standard InChI is InChI=1S/C17H19N3O/c1-12-5-4-6-13(9-12)10-19-17(21)16-11-18-14-7-2-3-8-15(14)20-16/h2-9,16,18,20H,10-11H2,1H3,(H,19,21). The first-order chi connectivity index (χ1) is 10.2. The SMILES string of the molecule is Cc1cccc(CNC(=O)C2CNc3ccccc3N2)c1. The summed E-state index contributed by atoms with van der Waals surface area (Å²) in [7, 11) is 0. The minimum Gasteiger partial charge on any atom is -0.381 e. The van der Waals surface area contributed by atoms with Crippen LogP contribution in [0.4, 0.5) is 11.4 Å². The molecule has 0 radical (unpaired) electrons. The van der Waals surface area contributed by atoms with Gasteiger partial charge in [0.15, 0.2) is 0 Å². The molecule has 1 unspecified atom stereocenters. The number of nitrogens with one attached hydrogen (secondary N) is 3. The van der Waals surface area contributed by atoms with E-state index in [1.54, 1.807) is 0 Å². The Kier molecular flexibility index (Phi) is 3.77. The molecule has 2 aromatic carbocycles. The number of benzene rings is 2. The Morgan fingerprint density at radius 3 is 2.81 bits per heavy atom. The second-order valence-corrected chi connectivity index (χ2v) is 5.33. The van der Waals surface area contributed by atoms with Crippen LogP contribution in [-0.2, 0) is 11.3 Å². The van der Waals surface area contributed by atoms with Gasteiger partial charge in [-0.3, -0.25) is 4.79 Å².